The number of nitrogens with zero attached hydrogens (tertiary/aromatic N) is 1. The zero-order valence-electron chi connectivity index (χ0n) is 7.62. The first-order chi connectivity index (χ1) is 6.45. The van der Waals surface area contributed by atoms with E-state index in [1.165, 1.54) is 4.90 Å². The van der Waals surface area contributed by atoms with E-state index in [0.717, 1.165) is 0 Å². The van der Waals surface area contributed by atoms with Crippen LogP contribution in [0.2, 0.25) is 0 Å². The largest absolute Gasteiger partial charge is 0.477 e. The maximum Gasteiger partial charge on any atom is 0.375 e. The summed E-state index contributed by atoms with van der Waals surface area (Å²) in [6.45, 7) is -0.0263. The van der Waals surface area contributed by atoms with Crippen LogP contribution in [-0.2, 0) is 4.79 Å². The van der Waals surface area contributed by atoms with Crippen molar-refractivity contribution in [2.45, 2.75) is 12.3 Å². The van der Waals surface area contributed by atoms with Gasteiger partial charge in [0.05, 0.1) is 6.54 Å². The number of halogens is 2. The van der Waals surface area contributed by atoms with Crippen LogP contribution in [0.1, 0.15) is 6.42 Å². The molecular weight excluding hydrogens is 196 g/mol. The van der Waals surface area contributed by atoms with Gasteiger partial charge >= 0.3 is 11.9 Å². The Hall–Kier alpha value is -0.750. The molecule has 0 aromatic heterocycles. The molecule has 0 aromatic rings. The summed E-state index contributed by atoms with van der Waals surface area (Å²) in [5.41, 5.74) is 0. The SMILES string of the molecule is O=C(O)C(F)(F)CN1CCC(CO)C1. The predicted molar refractivity (Wildman–Crippen MR) is 44.2 cm³/mol. The number of carboxylic acid groups (broad SMARTS) is 1. The molecular formula is C8H13F2NO3. The Morgan fingerprint density at radius 1 is 1.57 bits per heavy atom. The number of likely N-dealkylation sites (tertiary alicyclic amines) is 1. The van der Waals surface area contributed by atoms with Crippen LogP contribution in [0.4, 0.5) is 8.78 Å². The lowest BCUT2D eigenvalue weighted by Gasteiger charge is -2.19. The molecule has 1 heterocycles. The molecule has 1 rings (SSSR count). The first-order valence-corrected chi connectivity index (χ1v) is 4.40. The number of aliphatic carboxylic acids is 1. The van der Waals surface area contributed by atoms with Crippen LogP contribution < -0.4 is 0 Å². The average molecular weight is 209 g/mol. The van der Waals surface area contributed by atoms with Crippen molar-refractivity contribution in [3.63, 3.8) is 0 Å². The molecule has 2 N–H and O–H groups in total. The fourth-order valence-corrected chi connectivity index (χ4v) is 1.55. The smallest absolute Gasteiger partial charge is 0.375 e. The van der Waals surface area contributed by atoms with Crippen molar-refractivity contribution in [3.05, 3.63) is 0 Å². The Morgan fingerprint density at radius 3 is 2.64 bits per heavy atom. The third-order valence-corrected chi connectivity index (χ3v) is 2.36. The van der Waals surface area contributed by atoms with Gasteiger partial charge in [-0.2, -0.15) is 8.78 Å². The molecule has 0 spiro atoms. The van der Waals surface area contributed by atoms with Gasteiger partial charge in [-0.15, -0.1) is 0 Å². The summed E-state index contributed by atoms with van der Waals surface area (Å²) in [7, 11) is 0. The van der Waals surface area contributed by atoms with Gasteiger partial charge in [0.25, 0.3) is 0 Å². The molecule has 4 nitrogen and oxygen atoms in total. The van der Waals surface area contributed by atoms with Gasteiger partial charge < -0.3 is 10.2 Å². The van der Waals surface area contributed by atoms with Crippen LogP contribution in [0.3, 0.4) is 0 Å². The summed E-state index contributed by atoms with van der Waals surface area (Å²) in [5.74, 6) is -5.78. The number of rotatable bonds is 4. The van der Waals surface area contributed by atoms with Crippen molar-refractivity contribution in [2.75, 3.05) is 26.2 Å². The molecule has 1 unspecified atom stereocenters. The number of carboxylic acids is 1. The summed E-state index contributed by atoms with van der Waals surface area (Å²) in [4.78, 5) is 11.5. The quantitative estimate of drug-likeness (QED) is 0.685. The van der Waals surface area contributed by atoms with Crippen LogP contribution in [0.5, 0.6) is 0 Å². The van der Waals surface area contributed by atoms with Crippen molar-refractivity contribution in [1.29, 1.82) is 0 Å². The lowest BCUT2D eigenvalue weighted by atomic mass is 10.1. The van der Waals surface area contributed by atoms with E-state index in [-0.39, 0.29) is 12.5 Å². The van der Waals surface area contributed by atoms with Crippen LogP contribution in [0.25, 0.3) is 0 Å². The minimum Gasteiger partial charge on any atom is -0.477 e. The van der Waals surface area contributed by atoms with Crippen molar-refractivity contribution < 1.29 is 23.8 Å². The Morgan fingerprint density at radius 2 is 2.21 bits per heavy atom. The van der Waals surface area contributed by atoms with E-state index in [0.29, 0.717) is 19.5 Å². The normalized spacial score (nSPS) is 24.1. The van der Waals surface area contributed by atoms with Crippen molar-refractivity contribution in [1.82, 2.24) is 4.90 Å². The van der Waals surface area contributed by atoms with E-state index >= 15 is 0 Å². The number of hydrogen-bond donors (Lipinski definition) is 2. The van der Waals surface area contributed by atoms with Gasteiger partial charge in [0.2, 0.25) is 0 Å². The molecule has 0 aliphatic carbocycles. The van der Waals surface area contributed by atoms with E-state index in [4.69, 9.17) is 10.2 Å². The van der Waals surface area contributed by atoms with E-state index < -0.39 is 18.4 Å². The molecule has 6 heteroatoms. The first kappa shape index (κ1) is 11.3. The van der Waals surface area contributed by atoms with Crippen LogP contribution in [0.15, 0.2) is 0 Å². The van der Waals surface area contributed by atoms with Crippen LogP contribution in [0, 0.1) is 5.92 Å². The second-order valence-electron chi connectivity index (χ2n) is 3.58. The van der Waals surface area contributed by atoms with Crippen molar-refractivity contribution in [3.8, 4) is 0 Å². The third-order valence-electron chi connectivity index (χ3n) is 2.36. The average Bonchev–Trinajstić information content (AvgIpc) is 2.51. The van der Waals surface area contributed by atoms with Gasteiger partial charge in [-0.25, -0.2) is 4.79 Å². The van der Waals surface area contributed by atoms with Gasteiger partial charge in [-0.05, 0) is 18.9 Å². The number of aliphatic hydroxyl groups excluding tert-OH is 1. The summed E-state index contributed by atoms with van der Waals surface area (Å²) in [5, 5.41) is 17.0. The lowest BCUT2D eigenvalue weighted by molar-refractivity contribution is -0.167. The zero-order valence-corrected chi connectivity index (χ0v) is 7.62. The molecule has 0 amide bonds. The molecule has 0 bridgehead atoms. The fourth-order valence-electron chi connectivity index (χ4n) is 1.55. The van der Waals surface area contributed by atoms with Gasteiger partial charge in [0, 0.05) is 13.2 Å². The Bertz CT molecular complexity index is 223. The highest BCUT2D eigenvalue weighted by atomic mass is 19.3. The van der Waals surface area contributed by atoms with Crippen LogP contribution >= 0.6 is 0 Å². The molecule has 1 aliphatic rings. The second-order valence-corrected chi connectivity index (χ2v) is 3.58. The summed E-state index contributed by atoms with van der Waals surface area (Å²) in [6, 6.07) is 0. The second kappa shape index (κ2) is 4.18. The summed E-state index contributed by atoms with van der Waals surface area (Å²) < 4.78 is 25.5. The molecule has 14 heavy (non-hydrogen) atoms. The molecule has 0 aromatic carbocycles. The minimum atomic E-state index is -3.69. The number of aliphatic hydroxyl groups is 1. The highest BCUT2D eigenvalue weighted by Crippen LogP contribution is 2.21. The fraction of sp³-hybridized carbons (Fsp3) is 0.875. The van der Waals surface area contributed by atoms with Gasteiger partial charge in [0.1, 0.15) is 0 Å². The third kappa shape index (κ3) is 2.62. The van der Waals surface area contributed by atoms with Crippen molar-refractivity contribution in [2.24, 2.45) is 5.92 Å². The maximum atomic E-state index is 12.7. The van der Waals surface area contributed by atoms with E-state index in [2.05, 4.69) is 0 Å². The monoisotopic (exact) mass is 209 g/mol. The standard InChI is InChI=1S/C8H13F2NO3/c9-8(10,7(13)14)5-11-2-1-6(3-11)4-12/h6,12H,1-5H2,(H,13,14). The van der Waals surface area contributed by atoms with Gasteiger partial charge in [0.15, 0.2) is 0 Å². The van der Waals surface area contributed by atoms with Gasteiger partial charge in [-0.1, -0.05) is 0 Å². The van der Waals surface area contributed by atoms with Crippen molar-refractivity contribution >= 4 is 5.97 Å². The summed E-state index contributed by atoms with van der Waals surface area (Å²) in [6.07, 6.45) is 0.645. The zero-order chi connectivity index (χ0) is 10.8. The first-order valence-electron chi connectivity index (χ1n) is 4.40. The molecule has 1 atom stereocenters. The lowest BCUT2D eigenvalue weighted by Crippen LogP contribution is -2.41. The van der Waals surface area contributed by atoms with Gasteiger partial charge in [-0.3, -0.25) is 4.90 Å². The van der Waals surface area contributed by atoms with E-state index in [1.54, 1.807) is 0 Å². The minimum absolute atomic E-state index is 0.000375. The number of alkyl halides is 2. The molecule has 1 aliphatic heterocycles. The molecule has 1 saturated heterocycles. The number of carbonyl (C=O) groups is 1. The van der Waals surface area contributed by atoms with E-state index in [9.17, 15) is 13.6 Å². The highest BCUT2D eigenvalue weighted by molar-refractivity contribution is 5.75. The molecule has 0 radical (unpaired) electrons. The Kier molecular flexibility index (Phi) is 3.38. The molecule has 1 fully saturated rings. The van der Waals surface area contributed by atoms with E-state index in [1.807, 2.05) is 0 Å². The van der Waals surface area contributed by atoms with Crippen LogP contribution in [-0.4, -0.2) is 53.2 Å². The Balaban J connectivity index is 2.42. The summed E-state index contributed by atoms with van der Waals surface area (Å²) >= 11 is 0. The molecule has 82 valence electrons. The Labute approximate surface area is 80.1 Å². The predicted octanol–water partition coefficient (Wildman–Crippen LogP) is 0.0205. The highest BCUT2D eigenvalue weighted by Gasteiger charge is 2.41. The number of hydrogen-bond acceptors (Lipinski definition) is 3. The molecule has 0 saturated carbocycles. The topological polar surface area (TPSA) is 60.8 Å². The maximum absolute atomic E-state index is 12.7.